The standard InChI is InChI=1S/C6H8OS/c1-6-4-2-3-5-8(6)7/h2-6H,1H3. The normalized spacial score (nSPS) is 35.6. The molecule has 2 unspecified atom stereocenters. The molecule has 2 heteroatoms. The maximum atomic E-state index is 10.8. The molecule has 0 aliphatic carbocycles. The molecule has 0 amide bonds. The lowest BCUT2D eigenvalue weighted by Gasteiger charge is -2.02. The van der Waals surface area contributed by atoms with Gasteiger partial charge in [-0.2, -0.15) is 0 Å². The van der Waals surface area contributed by atoms with E-state index in [4.69, 9.17) is 0 Å². The summed E-state index contributed by atoms with van der Waals surface area (Å²) in [5, 5.41) is 1.92. The van der Waals surface area contributed by atoms with Crippen molar-refractivity contribution in [2.45, 2.75) is 12.2 Å². The molecular weight excluding hydrogens is 120 g/mol. The van der Waals surface area contributed by atoms with Gasteiger partial charge in [-0.3, -0.25) is 4.21 Å². The van der Waals surface area contributed by atoms with Gasteiger partial charge in [-0.25, -0.2) is 0 Å². The van der Waals surface area contributed by atoms with E-state index in [1.165, 1.54) is 0 Å². The lowest BCUT2D eigenvalue weighted by molar-refractivity contribution is 0.685. The topological polar surface area (TPSA) is 17.1 Å². The second-order valence-electron chi connectivity index (χ2n) is 1.75. The molecule has 1 heterocycles. The third kappa shape index (κ3) is 1.07. The summed E-state index contributed by atoms with van der Waals surface area (Å²) in [5.41, 5.74) is 0. The van der Waals surface area contributed by atoms with Crippen LogP contribution in [0.5, 0.6) is 0 Å². The van der Waals surface area contributed by atoms with Gasteiger partial charge in [0, 0.05) is 5.41 Å². The minimum atomic E-state index is -0.752. The molecule has 44 valence electrons. The van der Waals surface area contributed by atoms with Crippen LogP contribution in [0.4, 0.5) is 0 Å². The van der Waals surface area contributed by atoms with Crippen LogP contribution in [0.3, 0.4) is 0 Å². The summed E-state index contributed by atoms with van der Waals surface area (Å²) in [5.74, 6) is 0. The Labute approximate surface area is 51.6 Å². The van der Waals surface area contributed by atoms with Crippen LogP contribution in [-0.2, 0) is 10.8 Å². The highest BCUT2D eigenvalue weighted by molar-refractivity contribution is 7.88. The zero-order chi connectivity index (χ0) is 5.98. The Bertz CT molecular complexity index is 158. The molecule has 0 aromatic carbocycles. The first-order chi connectivity index (χ1) is 3.80. The molecule has 1 nitrogen and oxygen atoms in total. The Morgan fingerprint density at radius 1 is 1.50 bits per heavy atom. The number of hydrogen-bond donors (Lipinski definition) is 0. The van der Waals surface area contributed by atoms with Crippen molar-refractivity contribution in [1.29, 1.82) is 0 Å². The fourth-order valence-corrected chi connectivity index (χ4v) is 1.28. The number of rotatable bonds is 0. The van der Waals surface area contributed by atoms with E-state index in [0.717, 1.165) is 0 Å². The first-order valence-corrected chi connectivity index (χ1v) is 3.82. The van der Waals surface area contributed by atoms with Crippen molar-refractivity contribution >= 4 is 10.8 Å². The molecule has 0 saturated carbocycles. The van der Waals surface area contributed by atoms with E-state index in [2.05, 4.69) is 0 Å². The van der Waals surface area contributed by atoms with Crippen LogP contribution in [0.15, 0.2) is 23.6 Å². The highest BCUT2D eigenvalue weighted by Gasteiger charge is 2.04. The van der Waals surface area contributed by atoms with Gasteiger partial charge in [0.2, 0.25) is 0 Å². The first kappa shape index (κ1) is 5.76. The van der Waals surface area contributed by atoms with E-state index < -0.39 is 10.8 Å². The van der Waals surface area contributed by atoms with Crippen molar-refractivity contribution in [2.75, 3.05) is 0 Å². The van der Waals surface area contributed by atoms with Crippen molar-refractivity contribution in [3.8, 4) is 0 Å². The van der Waals surface area contributed by atoms with E-state index in [-0.39, 0.29) is 5.25 Å². The van der Waals surface area contributed by atoms with E-state index in [0.29, 0.717) is 0 Å². The molecule has 0 aromatic rings. The zero-order valence-electron chi connectivity index (χ0n) is 4.70. The zero-order valence-corrected chi connectivity index (χ0v) is 5.52. The Morgan fingerprint density at radius 2 is 2.25 bits per heavy atom. The monoisotopic (exact) mass is 128 g/mol. The van der Waals surface area contributed by atoms with Gasteiger partial charge in [-0.15, -0.1) is 0 Å². The van der Waals surface area contributed by atoms with Crippen molar-refractivity contribution in [2.24, 2.45) is 0 Å². The van der Waals surface area contributed by atoms with Crippen molar-refractivity contribution < 1.29 is 4.21 Å². The van der Waals surface area contributed by atoms with Gasteiger partial charge in [0.1, 0.15) is 0 Å². The Hall–Kier alpha value is -0.370. The van der Waals surface area contributed by atoms with Gasteiger partial charge in [-0.05, 0) is 6.92 Å². The first-order valence-electron chi connectivity index (χ1n) is 2.55. The number of allylic oxidation sites excluding steroid dienone is 2. The highest BCUT2D eigenvalue weighted by Crippen LogP contribution is 2.04. The Kier molecular flexibility index (Phi) is 1.63. The lowest BCUT2D eigenvalue weighted by Crippen LogP contribution is -2.05. The van der Waals surface area contributed by atoms with Crippen LogP contribution in [0.1, 0.15) is 6.92 Å². The van der Waals surface area contributed by atoms with Gasteiger partial charge >= 0.3 is 0 Å². The summed E-state index contributed by atoms with van der Waals surface area (Å²) < 4.78 is 10.8. The van der Waals surface area contributed by atoms with Crippen molar-refractivity contribution in [1.82, 2.24) is 0 Å². The molecule has 0 fully saturated rings. The molecule has 0 spiro atoms. The van der Waals surface area contributed by atoms with Crippen LogP contribution >= 0.6 is 0 Å². The van der Waals surface area contributed by atoms with E-state index in [1.54, 1.807) is 5.41 Å². The van der Waals surface area contributed by atoms with Gasteiger partial charge < -0.3 is 0 Å². The summed E-state index contributed by atoms with van der Waals surface area (Å²) in [4.78, 5) is 0. The van der Waals surface area contributed by atoms with Gasteiger partial charge in [-0.1, -0.05) is 18.2 Å². The Morgan fingerprint density at radius 3 is 2.62 bits per heavy atom. The quantitative estimate of drug-likeness (QED) is 0.479. The maximum Gasteiger partial charge on any atom is 0.0543 e. The lowest BCUT2D eigenvalue weighted by atomic mass is 10.4. The maximum absolute atomic E-state index is 10.8. The molecular formula is C6H8OS. The second-order valence-corrected chi connectivity index (χ2v) is 3.42. The predicted octanol–water partition coefficient (Wildman–Crippen LogP) is 1.21. The van der Waals surface area contributed by atoms with Crippen molar-refractivity contribution in [3.05, 3.63) is 23.6 Å². The predicted molar refractivity (Wildman–Crippen MR) is 35.9 cm³/mol. The second kappa shape index (κ2) is 2.27. The fourth-order valence-electron chi connectivity index (χ4n) is 0.545. The third-order valence-corrected chi connectivity index (χ3v) is 2.39. The van der Waals surface area contributed by atoms with Gasteiger partial charge in [0.15, 0.2) is 0 Å². The molecule has 0 aromatic heterocycles. The largest absolute Gasteiger partial charge is 0.254 e. The summed E-state index contributed by atoms with van der Waals surface area (Å²) in [6.07, 6.45) is 5.68. The van der Waals surface area contributed by atoms with Crippen LogP contribution < -0.4 is 0 Å². The number of hydrogen-bond acceptors (Lipinski definition) is 1. The Balaban J connectivity index is 2.74. The van der Waals surface area contributed by atoms with Crippen LogP contribution in [0, 0.1) is 0 Å². The summed E-state index contributed by atoms with van der Waals surface area (Å²) in [6, 6.07) is 0. The SMILES string of the molecule is CC1C=CC=CS1=O. The minimum Gasteiger partial charge on any atom is -0.254 e. The summed E-state index contributed by atoms with van der Waals surface area (Å²) in [7, 11) is -0.752. The molecule has 1 rings (SSSR count). The average Bonchev–Trinajstić information content (AvgIpc) is 1.77. The molecule has 0 N–H and O–H groups in total. The van der Waals surface area contributed by atoms with E-state index >= 15 is 0 Å². The molecule has 1 aliphatic rings. The molecule has 0 saturated heterocycles. The smallest absolute Gasteiger partial charge is 0.0543 e. The van der Waals surface area contributed by atoms with Crippen LogP contribution in [0.25, 0.3) is 0 Å². The minimum absolute atomic E-state index is 0.208. The van der Waals surface area contributed by atoms with E-state index in [1.807, 2.05) is 25.2 Å². The average molecular weight is 128 g/mol. The molecule has 2 atom stereocenters. The van der Waals surface area contributed by atoms with Gasteiger partial charge in [0.25, 0.3) is 0 Å². The summed E-state index contributed by atoms with van der Waals surface area (Å²) in [6.45, 7) is 1.94. The van der Waals surface area contributed by atoms with Crippen LogP contribution in [-0.4, -0.2) is 9.46 Å². The molecule has 8 heavy (non-hydrogen) atoms. The van der Waals surface area contributed by atoms with Gasteiger partial charge in [0.05, 0.1) is 16.0 Å². The fraction of sp³-hybridized carbons (Fsp3) is 0.333. The van der Waals surface area contributed by atoms with Crippen molar-refractivity contribution in [3.63, 3.8) is 0 Å². The molecule has 1 aliphatic heterocycles. The van der Waals surface area contributed by atoms with Crippen LogP contribution in [0.2, 0.25) is 0 Å². The molecule has 0 radical (unpaired) electrons. The third-order valence-electron chi connectivity index (χ3n) is 1.07. The molecule has 0 bridgehead atoms. The highest BCUT2D eigenvalue weighted by atomic mass is 32.2. The summed E-state index contributed by atoms with van der Waals surface area (Å²) >= 11 is 0. The van der Waals surface area contributed by atoms with E-state index in [9.17, 15) is 4.21 Å².